The Morgan fingerprint density at radius 2 is 1.54 bits per heavy atom. The number of benzene rings is 3. The lowest BCUT2D eigenvalue weighted by atomic mass is 9.63. The van der Waals surface area contributed by atoms with Crippen molar-refractivity contribution in [2.75, 3.05) is 20.2 Å². The maximum absolute atomic E-state index is 13.1. The summed E-state index contributed by atoms with van der Waals surface area (Å²) in [5.74, 6) is -1.07. The molecule has 192 valence electrons. The number of carbonyl (C=O) groups is 3. The van der Waals surface area contributed by atoms with Crippen molar-refractivity contribution in [3.05, 3.63) is 101 Å². The molecule has 2 unspecified atom stereocenters. The number of carbonyl (C=O) groups excluding carboxylic acids is 2. The van der Waals surface area contributed by atoms with Gasteiger partial charge in [-0.15, -0.1) is 0 Å². The second-order valence-electron chi connectivity index (χ2n) is 9.21. The molecule has 7 heteroatoms. The fourth-order valence-electron chi connectivity index (χ4n) is 5.20. The summed E-state index contributed by atoms with van der Waals surface area (Å²) in [5, 5.41) is 16.2. The molecular weight excluding hydrogens is 468 g/mol. The number of methoxy groups -OCH3 is 1. The minimum absolute atomic E-state index is 0.0995. The average molecular weight is 501 g/mol. The normalized spacial score (nSPS) is 18.4. The van der Waals surface area contributed by atoms with Crippen molar-refractivity contribution in [2.45, 2.75) is 37.0 Å². The van der Waals surface area contributed by atoms with E-state index in [4.69, 9.17) is 4.74 Å². The van der Waals surface area contributed by atoms with Gasteiger partial charge < -0.3 is 20.5 Å². The maximum Gasteiger partial charge on any atom is 0.318 e. The Kier molecular flexibility index (Phi) is 8.23. The summed E-state index contributed by atoms with van der Waals surface area (Å²) in [6.07, 6.45) is 2.20. The number of amides is 2. The number of aliphatic carboxylic acids is 1. The SMILES string of the molecule is COc1ccccc1C(=O)NCCCCNC(=O)C1CCC(C(=O)O)(c2ccccc2)c2ccccc21. The molecule has 2 atom stereocenters. The van der Waals surface area contributed by atoms with Crippen molar-refractivity contribution < 1.29 is 24.2 Å². The maximum atomic E-state index is 13.1. The first-order valence-electron chi connectivity index (χ1n) is 12.6. The van der Waals surface area contributed by atoms with Gasteiger partial charge >= 0.3 is 5.97 Å². The molecule has 3 aromatic carbocycles. The predicted octanol–water partition coefficient (Wildman–Crippen LogP) is 4.27. The van der Waals surface area contributed by atoms with Gasteiger partial charge in [-0.1, -0.05) is 66.7 Å². The van der Waals surface area contributed by atoms with Gasteiger partial charge in [0.25, 0.3) is 5.91 Å². The number of fused-ring (bicyclic) bond motifs is 1. The van der Waals surface area contributed by atoms with E-state index >= 15 is 0 Å². The third-order valence-electron chi connectivity index (χ3n) is 7.09. The van der Waals surface area contributed by atoms with Crippen molar-refractivity contribution >= 4 is 17.8 Å². The quantitative estimate of drug-likeness (QED) is 0.361. The highest BCUT2D eigenvalue weighted by atomic mass is 16.5. The Morgan fingerprint density at radius 3 is 2.27 bits per heavy atom. The van der Waals surface area contributed by atoms with E-state index in [0.717, 1.165) is 11.1 Å². The number of hydrogen-bond acceptors (Lipinski definition) is 4. The van der Waals surface area contributed by atoms with Crippen LogP contribution in [0.15, 0.2) is 78.9 Å². The first-order valence-corrected chi connectivity index (χ1v) is 12.6. The summed E-state index contributed by atoms with van der Waals surface area (Å²) in [4.78, 5) is 38.1. The first kappa shape index (κ1) is 25.9. The molecule has 0 aliphatic heterocycles. The van der Waals surface area contributed by atoms with Crippen molar-refractivity contribution in [1.29, 1.82) is 0 Å². The van der Waals surface area contributed by atoms with Crippen LogP contribution < -0.4 is 15.4 Å². The van der Waals surface area contributed by atoms with Gasteiger partial charge in [-0.05, 0) is 54.5 Å². The van der Waals surface area contributed by atoms with Crippen molar-refractivity contribution in [2.24, 2.45) is 0 Å². The lowest BCUT2D eigenvalue weighted by Crippen LogP contribution is -2.43. The van der Waals surface area contributed by atoms with Gasteiger partial charge in [0.15, 0.2) is 0 Å². The molecule has 0 fully saturated rings. The van der Waals surface area contributed by atoms with Gasteiger partial charge in [0.05, 0.1) is 18.6 Å². The van der Waals surface area contributed by atoms with E-state index in [0.29, 0.717) is 55.6 Å². The fraction of sp³-hybridized carbons (Fsp3) is 0.300. The van der Waals surface area contributed by atoms with Gasteiger partial charge in [-0.25, -0.2) is 0 Å². The number of hydrogen-bond donors (Lipinski definition) is 3. The third kappa shape index (κ3) is 5.35. The van der Waals surface area contributed by atoms with Crippen molar-refractivity contribution in [3.8, 4) is 5.75 Å². The van der Waals surface area contributed by atoms with Crippen molar-refractivity contribution in [1.82, 2.24) is 10.6 Å². The summed E-state index contributed by atoms with van der Waals surface area (Å²) in [6, 6.07) is 23.7. The van der Waals surface area contributed by atoms with Crippen LogP contribution in [0.5, 0.6) is 5.75 Å². The zero-order chi connectivity index (χ0) is 26.3. The Balaban J connectivity index is 1.34. The van der Waals surface area contributed by atoms with Crippen LogP contribution in [0.1, 0.15) is 58.6 Å². The highest BCUT2D eigenvalue weighted by molar-refractivity contribution is 5.96. The van der Waals surface area contributed by atoms with E-state index in [1.807, 2.05) is 60.7 Å². The van der Waals surface area contributed by atoms with Crippen LogP contribution in [0.2, 0.25) is 0 Å². The molecule has 7 nitrogen and oxygen atoms in total. The highest BCUT2D eigenvalue weighted by Crippen LogP contribution is 2.47. The summed E-state index contributed by atoms with van der Waals surface area (Å²) in [6.45, 7) is 0.960. The molecule has 0 heterocycles. The topological polar surface area (TPSA) is 105 Å². The van der Waals surface area contributed by atoms with Crippen LogP contribution in [0.4, 0.5) is 0 Å². The standard InChI is InChI=1S/C30H32N2O5/c1-37-26-16-8-6-14-24(26)28(34)32-20-10-9-19-31-27(33)23-17-18-30(29(35)36,21-11-3-2-4-12-21)25-15-7-5-13-22(23)25/h2-8,11-16,23H,9-10,17-20H2,1H3,(H,31,33)(H,32,34)(H,35,36). The van der Waals surface area contributed by atoms with E-state index in [9.17, 15) is 19.5 Å². The van der Waals surface area contributed by atoms with Crippen LogP contribution in [0.25, 0.3) is 0 Å². The van der Waals surface area contributed by atoms with E-state index in [1.165, 1.54) is 7.11 Å². The molecule has 3 N–H and O–H groups in total. The van der Waals surface area contributed by atoms with Gasteiger partial charge in [0.2, 0.25) is 5.91 Å². The molecule has 0 saturated heterocycles. The minimum atomic E-state index is -1.17. The summed E-state index contributed by atoms with van der Waals surface area (Å²) in [7, 11) is 1.53. The Morgan fingerprint density at radius 1 is 0.892 bits per heavy atom. The van der Waals surface area contributed by atoms with Gasteiger partial charge in [-0.2, -0.15) is 0 Å². The first-order chi connectivity index (χ1) is 18.0. The molecule has 1 aliphatic rings. The number of nitrogens with one attached hydrogen (secondary N) is 2. The number of rotatable bonds is 10. The second kappa shape index (κ2) is 11.7. The van der Waals surface area contributed by atoms with E-state index in [-0.39, 0.29) is 11.8 Å². The molecule has 0 bridgehead atoms. The third-order valence-corrected chi connectivity index (χ3v) is 7.09. The van der Waals surface area contributed by atoms with Crippen LogP contribution in [0.3, 0.4) is 0 Å². The molecule has 0 aromatic heterocycles. The highest BCUT2D eigenvalue weighted by Gasteiger charge is 2.48. The molecule has 0 spiro atoms. The number of para-hydroxylation sites is 1. The Labute approximate surface area is 216 Å². The monoisotopic (exact) mass is 500 g/mol. The molecule has 37 heavy (non-hydrogen) atoms. The van der Waals surface area contributed by atoms with Gasteiger partial charge in [0.1, 0.15) is 11.2 Å². The number of unbranched alkanes of at least 4 members (excludes halogenated alkanes) is 1. The Hall–Kier alpha value is -4.13. The van der Waals surface area contributed by atoms with Crippen LogP contribution in [0, 0.1) is 0 Å². The lowest BCUT2D eigenvalue weighted by Gasteiger charge is -2.39. The predicted molar refractivity (Wildman–Crippen MR) is 141 cm³/mol. The second-order valence-corrected chi connectivity index (χ2v) is 9.21. The van der Waals surface area contributed by atoms with Crippen LogP contribution >= 0.6 is 0 Å². The molecule has 0 saturated carbocycles. The molecule has 3 aromatic rings. The Bertz CT molecular complexity index is 1260. The van der Waals surface area contributed by atoms with Gasteiger partial charge in [0, 0.05) is 13.1 Å². The largest absolute Gasteiger partial charge is 0.496 e. The van der Waals surface area contributed by atoms with Crippen LogP contribution in [-0.2, 0) is 15.0 Å². The number of carboxylic acid groups (broad SMARTS) is 1. The zero-order valence-electron chi connectivity index (χ0n) is 20.9. The summed E-state index contributed by atoms with van der Waals surface area (Å²) >= 11 is 0. The molecule has 2 amide bonds. The average Bonchev–Trinajstić information content (AvgIpc) is 2.94. The smallest absolute Gasteiger partial charge is 0.318 e. The summed E-state index contributed by atoms with van der Waals surface area (Å²) < 4.78 is 5.23. The van der Waals surface area contributed by atoms with Crippen LogP contribution in [-0.4, -0.2) is 43.1 Å². The molecule has 1 aliphatic carbocycles. The number of carboxylic acids is 1. The van der Waals surface area contributed by atoms with E-state index in [1.54, 1.807) is 18.2 Å². The van der Waals surface area contributed by atoms with E-state index in [2.05, 4.69) is 10.6 Å². The molecule has 0 radical (unpaired) electrons. The minimum Gasteiger partial charge on any atom is -0.496 e. The van der Waals surface area contributed by atoms with Crippen molar-refractivity contribution in [3.63, 3.8) is 0 Å². The molecule has 4 rings (SSSR count). The zero-order valence-corrected chi connectivity index (χ0v) is 20.9. The summed E-state index contributed by atoms with van der Waals surface area (Å²) in [5.41, 5.74) is 1.49. The molecular formula is C30H32N2O5. The van der Waals surface area contributed by atoms with E-state index < -0.39 is 17.3 Å². The number of ether oxygens (including phenoxy) is 1. The van der Waals surface area contributed by atoms with Gasteiger partial charge in [-0.3, -0.25) is 14.4 Å². The lowest BCUT2D eigenvalue weighted by molar-refractivity contribution is -0.143. The fourth-order valence-corrected chi connectivity index (χ4v) is 5.20.